The average molecular weight is 304 g/mol. The van der Waals surface area contributed by atoms with Gasteiger partial charge in [-0.2, -0.15) is 0 Å². The summed E-state index contributed by atoms with van der Waals surface area (Å²) in [4.78, 5) is 17.2. The number of nitrogens with zero attached hydrogens (tertiary/aromatic N) is 3. The summed E-state index contributed by atoms with van der Waals surface area (Å²) in [5.74, 6) is 0.373. The molecule has 0 fully saturated rings. The van der Waals surface area contributed by atoms with Crippen LogP contribution in [0.1, 0.15) is 45.7 Å². The molecule has 2 aromatic heterocycles. The van der Waals surface area contributed by atoms with Gasteiger partial charge >= 0.3 is 5.69 Å². The minimum atomic E-state index is 0.0115. The molecule has 0 radical (unpaired) electrons. The van der Waals surface area contributed by atoms with Crippen molar-refractivity contribution >= 4 is 11.2 Å². The summed E-state index contributed by atoms with van der Waals surface area (Å²) in [6, 6.07) is 4.10. The van der Waals surface area contributed by atoms with Crippen molar-refractivity contribution < 1.29 is 0 Å². The topological polar surface area (TPSA) is 51.9 Å². The highest BCUT2D eigenvalue weighted by atomic mass is 16.1. The highest BCUT2D eigenvalue weighted by Crippen LogP contribution is 2.22. The minimum absolute atomic E-state index is 0.0115. The maximum atomic E-state index is 12.5. The molecule has 0 amide bonds. The first kappa shape index (κ1) is 16.7. The number of hydrogen-bond donors (Lipinski definition) is 1. The molecule has 2 rings (SSSR count). The molecule has 2 heterocycles. The fourth-order valence-corrected chi connectivity index (χ4v) is 2.70. The fourth-order valence-electron chi connectivity index (χ4n) is 2.70. The number of hydrogen-bond acceptors (Lipinski definition) is 3. The Bertz CT molecular complexity index is 706. The lowest BCUT2D eigenvalue weighted by Gasteiger charge is -2.18. The first-order valence-corrected chi connectivity index (χ1v) is 7.95. The van der Waals surface area contributed by atoms with E-state index in [1.54, 1.807) is 11.6 Å². The lowest BCUT2D eigenvalue weighted by Crippen LogP contribution is -2.27. The molecular weight excluding hydrogens is 276 g/mol. The Hall–Kier alpha value is -1.62. The van der Waals surface area contributed by atoms with E-state index in [1.165, 1.54) is 0 Å². The van der Waals surface area contributed by atoms with E-state index < -0.39 is 0 Å². The first-order valence-electron chi connectivity index (χ1n) is 7.95. The molecule has 0 saturated carbocycles. The van der Waals surface area contributed by atoms with Crippen molar-refractivity contribution in [2.24, 2.45) is 12.5 Å². The predicted molar refractivity (Wildman–Crippen MR) is 91.4 cm³/mol. The smallest absolute Gasteiger partial charge is 0.320 e. The summed E-state index contributed by atoms with van der Waals surface area (Å²) in [5.41, 5.74) is 2.82. The first-order chi connectivity index (χ1) is 10.2. The molecule has 2 aromatic rings. The molecule has 0 unspecified atom stereocenters. The second-order valence-electron chi connectivity index (χ2n) is 7.36. The van der Waals surface area contributed by atoms with Gasteiger partial charge in [0.2, 0.25) is 0 Å². The van der Waals surface area contributed by atoms with Crippen LogP contribution < -0.4 is 11.0 Å². The summed E-state index contributed by atoms with van der Waals surface area (Å²) in [5, 5.41) is 3.17. The number of fused-ring (bicyclic) bond motifs is 1. The van der Waals surface area contributed by atoms with Crippen molar-refractivity contribution in [1.29, 1.82) is 0 Å². The summed E-state index contributed by atoms with van der Waals surface area (Å²) in [6.45, 7) is 10.2. The Kier molecular flexibility index (Phi) is 4.75. The van der Waals surface area contributed by atoms with E-state index in [-0.39, 0.29) is 11.1 Å². The van der Waals surface area contributed by atoms with Crippen molar-refractivity contribution in [3.8, 4) is 0 Å². The number of aryl methyl sites for hydroxylation is 1. The molecule has 22 heavy (non-hydrogen) atoms. The fraction of sp³-hybridized carbons (Fsp3) is 0.647. The maximum absolute atomic E-state index is 12.5. The Morgan fingerprint density at radius 1 is 1.32 bits per heavy atom. The van der Waals surface area contributed by atoms with E-state index in [0.29, 0.717) is 12.5 Å². The monoisotopic (exact) mass is 304 g/mol. The molecular formula is C17H28N4O. The quantitative estimate of drug-likeness (QED) is 0.923. The molecule has 0 spiro atoms. The van der Waals surface area contributed by atoms with Crippen molar-refractivity contribution in [3.05, 3.63) is 28.3 Å². The minimum Gasteiger partial charge on any atom is -0.320 e. The van der Waals surface area contributed by atoms with Crippen molar-refractivity contribution in [2.45, 2.75) is 46.6 Å². The number of nitrogens with one attached hydrogen (secondary N) is 1. The van der Waals surface area contributed by atoms with E-state index in [0.717, 1.165) is 29.8 Å². The predicted octanol–water partition coefficient (Wildman–Crippen LogP) is 2.49. The molecule has 0 aliphatic heterocycles. The van der Waals surface area contributed by atoms with Crippen LogP contribution in [0.15, 0.2) is 16.9 Å². The SMILES string of the molecule is CNCC[C@H](C)c1ccc2c(n1)n(C)c(=O)n2CC(C)(C)C. The Morgan fingerprint density at radius 2 is 2.00 bits per heavy atom. The van der Waals surface area contributed by atoms with E-state index >= 15 is 0 Å². The van der Waals surface area contributed by atoms with E-state index in [4.69, 9.17) is 4.98 Å². The molecule has 5 nitrogen and oxygen atoms in total. The van der Waals surface area contributed by atoms with Gasteiger partial charge in [-0.25, -0.2) is 9.78 Å². The van der Waals surface area contributed by atoms with E-state index in [1.807, 2.05) is 17.7 Å². The van der Waals surface area contributed by atoms with Crippen LogP contribution in [0.3, 0.4) is 0 Å². The van der Waals surface area contributed by atoms with Crippen LogP contribution in [-0.2, 0) is 13.6 Å². The molecule has 5 heteroatoms. The van der Waals surface area contributed by atoms with E-state index in [9.17, 15) is 4.79 Å². The molecule has 0 aliphatic rings. The summed E-state index contributed by atoms with van der Waals surface area (Å²) >= 11 is 0. The van der Waals surface area contributed by atoms with Gasteiger partial charge < -0.3 is 5.32 Å². The van der Waals surface area contributed by atoms with Gasteiger partial charge in [0, 0.05) is 19.3 Å². The number of aromatic nitrogens is 3. The van der Waals surface area contributed by atoms with Gasteiger partial charge in [0.15, 0.2) is 5.65 Å². The van der Waals surface area contributed by atoms with Crippen LogP contribution in [0.5, 0.6) is 0 Å². The molecule has 0 bridgehead atoms. The molecule has 0 saturated heterocycles. The highest BCUT2D eigenvalue weighted by molar-refractivity contribution is 5.71. The summed E-state index contributed by atoms with van der Waals surface area (Å²) < 4.78 is 3.50. The van der Waals surface area contributed by atoms with Crippen LogP contribution in [0.2, 0.25) is 0 Å². The van der Waals surface area contributed by atoms with Gasteiger partial charge in [0.05, 0.1) is 5.52 Å². The number of rotatable bonds is 5. The zero-order valence-electron chi connectivity index (χ0n) is 14.6. The van der Waals surface area contributed by atoms with Gasteiger partial charge in [-0.3, -0.25) is 9.13 Å². The van der Waals surface area contributed by atoms with Gasteiger partial charge in [-0.1, -0.05) is 27.7 Å². The molecule has 122 valence electrons. The van der Waals surface area contributed by atoms with Gasteiger partial charge in [0.25, 0.3) is 0 Å². The molecule has 0 aromatic carbocycles. The molecule has 1 N–H and O–H groups in total. The zero-order chi connectivity index (χ0) is 16.5. The van der Waals surface area contributed by atoms with Crippen molar-refractivity contribution in [2.75, 3.05) is 13.6 Å². The standard InChI is InChI=1S/C17H28N4O/c1-12(9-10-18-5)13-7-8-14-15(19-13)20(6)16(22)21(14)11-17(2,3)4/h7-8,12,18H,9-11H2,1-6H3/t12-/m0/s1. The van der Waals surface area contributed by atoms with Crippen LogP contribution in [0.4, 0.5) is 0 Å². The van der Waals surface area contributed by atoms with Crippen LogP contribution in [-0.4, -0.2) is 27.7 Å². The largest absolute Gasteiger partial charge is 0.330 e. The Morgan fingerprint density at radius 3 is 2.59 bits per heavy atom. The lowest BCUT2D eigenvalue weighted by atomic mass is 9.97. The summed E-state index contributed by atoms with van der Waals surface area (Å²) in [6.07, 6.45) is 1.03. The lowest BCUT2D eigenvalue weighted by molar-refractivity contribution is 0.342. The van der Waals surface area contributed by atoms with Crippen LogP contribution in [0.25, 0.3) is 11.2 Å². The van der Waals surface area contributed by atoms with Crippen molar-refractivity contribution in [1.82, 2.24) is 19.4 Å². The van der Waals surface area contributed by atoms with E-state index in [2.05, 4.69) is 39.1 Å². The second kappa shape index (κ2) is 6.24. The Balaban J connectivity index is 2.46. The number of pyridine rings is 1. The zero-order valence-corrected chi connectivity index (χ0v) is 14.6. The third-order valence-corrected chi connectivity index (χ3v) is 3.97. The third kappa shape index (κ3) is 3.40. The van der Waals surface area contributed by atoms with Gasteiger partial charge in [-0.15, -0.1) is 0 Å². The molecule has 1 atom stereocenters. The maximum Gasteiger partial charge on any atom is 0.330 e. The Labute approximate surface area is 132 Å². The normalized spacial score (nSPS) is 13.7. The molecule has 0 aliphatic carbocycles. The summed E-state index contributed by atoms with van der Waals surface area (Å²) in [7, 11) is 3.76. The second-order valence-corrected chi connectivity index (χ2v) is 7.36. The van der Waals surface area contributed by atoms with Gasteiger partial charge in [0.1, 0.15) is 0 Å². The number of imidazole rings is 1. The van der Waals surface area contributed by atoms with Gasteiger partial charge in [-0.05, 0) is 43.5 Å². The third-order valence-electron chi connectivity index (χ3n) is 3.97. The van der Waals surface area contributed by atoms with Crippen LogP contribution >= 0.6 is 0 Å². The van der Waals surface area contributed by atoms with Crippen molar-refractivity contribution in [3.63, 3.8) is 0 Å². The van der Waals surface area contributed by atoms with Crippen LogP contribution in [0, 0.1) is 5.41 Å². The average Bonchev–Trinajstić information content (AvgIpc) is 2.68. The highest BCUT2D eigenvalue weighted by Gasteiger charge is 2.19.